The molecule has 0 radical (unpaired) electrons. The van der Waals surface area contributed by atoms with Gasteiger partial charge in [-0.3, -0.25) is 9.69 Å². The third-order valence-electron chi connectivity index (χ3n) is 3.95. The Morgan fingerprint density at radius 3 is 2.61 bits per heavy atom. The number of carbonyl (C=O) groups is 1. The predicted molar refractivity (Wildman–Crippen MR) is 90.6 cm³/mol. The quantitative estimate of drug-likeness (QED) is 0.795. The van der Waals surface area contributed by atoms with Crippen molar-refractivity contribution in [1.82, 2.24) is 10.2 Å². The third kappa shape index (κ3) is 6.59. The van der Waals surface area contributed by atoms with Crippen molar-refractivity contribution in [3.8, 4) is 5.75 Å². The van der Waals surface area contributed by atoms with Gasteiger partial charge in [0.05, 0.1) is 13.2 Å². The first-order chi connectivity index (χ1) is 11.1. The molecule has 0 spiro atoms. The zero-order valence-corrected chi connectivity index (χ0v) is 14.2. The van der Waals surface area contributed by atoms with Crippen molar-refractivity contribution in [1.29, 1.82) is 0 Å². The summed E-state index contributed by atoms with van der Waals surface area (Å²) in [6.45, 7) is 8.58. The summed E-state index contributed by atoms with van der Waals surface area (Å²) in [5, 5.41) is 3.01. The molecule has 1 aromatic carbocycles. The molecule has 0 saturated carbocycles. The Hall–Kier alpha value is -1.59. The van der Waals surface area contributed by atoms with Crippen molar-refractivity contribution in [3.05, 3.63) is 30.3 Å². The zero-order chi connectivity index (χ0) is 16.5. The summed E-state index contributed by atoms with van der Waals surface area (Å²) in [5.74, 6) is 1.24. The average molecular weight is 320 g/mol. The topological polar surface area (TPSA) is 50.8 Å². The molecule has 128 valence electrons. The van der Waals surface area contributed by atoms with Gasteiger partial charge in [0.25, 0.3) is 5.91 Å². The molecule has 5 nitrogen and oxygen atoms in total. The molecular weight excluding hydrogens is 292 g/mol. The van der Waals surface area contributed by atoms with Crippen LogP contribution in [0, 0.1) is 5.92 Å². The normalized spacial score (nSPS) is 17.0. The predicted octanol–water partition coefficient (Wildman–Crippen LogP) is 1.93. The fourth-order valence-electron chi connectivity index (χ4n) is 2.80. The fourth-order valence-corrected chi connectivity index (χ4v) is 2.80. The minimum Gasteiger partial charge on any atom is -0.484 e. The molecule has 2 rings (SSSR count). The van der Waals surface area contributed by atoms with Gasteiger partial charge in [0.15, 0.2) is 6.61 Å². The van der Waals surface area contributed by atoms with Gasteiger partial charge in [0.2, 0.25) is 0 Å². The lowest BCUT2D eigenvalue weighted by molar-refractivity contribution is -0.123. The number of nitrogens with zero attached hydrogens (tertiary/aromatic N) is 1. The molecule has 0 aliphatic carbocycles. The van der Waals surface area contributed by atoms with E-state index >= 15 is 0 Å². The number of rotatable bonds is 8. The van der Waals surface area contributed by atoms with Gasteiger partial charge in [-0.25, -0.2) is 0 Å². The van der Waals surface area contributed by atoms with Crippen molar-refractivity contribution in [2.45, 2.75) is 26.3 Å². The number of ether oxygens (including phenoxy) is 2. The number of amides is 1. The lowest BCUT2D eigenvalue weighted by Gasteiger charge is -2.35. The second-order valence-electron chi connectivity index (χ2n) is 6.34. The van der Waals surface area contributed by atoms with Crippen LogP contribution in [0.1, 0.15) is 20.3 Å². The van der Waals surface area contributed by atoms with Crippen LogP contribution in [0.2, 0.25) is 0 Å². The van der Waals surface area contributed by atoms with E-state index in [1.54, 1.807) is 0 Å². The van der Waals surface area contributed by atoms with Crippen LogP contribution in [-0.2, 0) is 9.53 Å². The van der Waals surface area contributed by atoms with Crippen LogP contribution in [0.5, 0.6) is 5.75 Å². The van der Waals surface area contributed by atoms with Crippen LogP contribution in [-0.4, -0.2) is 56.3 Å². The molecule has 1 unspecified atom stereocenters. The molecule has 5 heteroatoms. The van der Waals surface area contributed by atoms with Gasteiger partial charge in [-0.1, -0.05) is 32.0 Å². The molecule has 0 aromatic heterocycles. The van der Waals surface area contributed by atoms with Crippen LogP contribution >= 0.6 is 0 Å². The average Bonchev–Trinajstić information content (AvgIpc) is 2.58. The van der Waals surface area contributed by atoms with Crippen LogP contribution in [0.25, 0.3) is 0 Å². The van der Waals surface area contributed by atoms with E-state index in [1.165, 1.54) is 0 Å². The van der Waals surface area contributed by atoms with Crippen molar-refractivity contribution < 1.29 is 14.3 Å². The van der Waals surface area contributed by atoms with Gasteiger partial charge < -0.3 is 14.8 Å². The Bertz CT molecular complexity index is 459. The molecular formula is C18H28N2O3. The number of nitrogens with one attached hydrogen (secondary N) is 1. The summed E-state index contributed by atoms with van der Waals surface area (Å²) in [7, 11) is 0. The monoisotopic (exact) mass is 320 g/mol. The van der Waals surface area contributed by atoms with Gasteiger partial charge >= 0.3 is 0 Å². The molecule has 1 saturated heterocycles. The van der Waals surface area contributed by atoms with Crippen molar-refractivity contribution in [2.24, 2.45) is 5.92 Å². The SMILES string of the molecule is CC(C)CC(CNC(=O)COc1ccccc1)N1CCOCC1. The van der Waals surface area contributed by atoms with Crippen LogP contribution in [0.4, 0.5) is 0 Å². The van der Waals surface area contributed by atoms with Crippen molar-refractivity contribution in [2.75, 3.05) is 39.5 Å². The Balaban J connectivity index is 1.76. The number of benzene rings is 1. The lowest BCUT2D eigenvalue weighted by atomic mass is 10.0. The van der Waals surface area contributed by atoms with Gasteiger partial charge in [-0.2, -0.15) is 0 Å². The largest absolute Gasteiger partial charge is 0.484 e. The van der Waals surface area contributed by atoms with E-state index in [0.717, 1.165) is 38.5 Å². The highest BCUT2D eigenvalue weighted by atomic mass is 16.5. The fraction of sp³-hybridized carbons (Fsp3) is 0.611. The van der Waals surface area contributed by atoms with E-state index < -0.39 is 0 Å². The Morgan fingerprint density at radius 2 is 1.96 bits per heavy atom. The Labute approximate surface area is 139 Å². The molecule has 1 N–H and O–H groups in total. The summed E-state index contributed by atoms with van der Waals surface area (Å²) in [5.41, 5.74) is 0. The molecule has 1 aromatic rings. The van der Waals surface area contributed by atoms with Crippen LogP contribution in [0.3, 0.4) is 0 Å². The number of hydrogen-bond donors (Lipinski definition) is 1. The first kappa shape index (κ1) is 17.8. The maximum atomic E-state index is 12.0. The van der Waals surface area contributed by atoms with E-state index in [2.05, 4.69) is 24.1 Å². The number of morpholine rings is 1. The highest BCUT2D eigenvalue weighted by molar-refractivity contribution is 5.77. The number of carbonyl (C=O) groups excluding carboxylic acids is 1. The summed E-state index contributed by atoms with van der Waals surface area (Å²) in [6.07, 6.45) is 1.07. The van der Waals surface area contributed by atoms with E-state index in [1.807, 2.05) is 30.3 Å². The van der Waals surface area contributed by atoms with Gasteiger partial charge in [0, 0.05) is 25.7 Å². The number of hydrogen-bond acceptors (Lipinski definition) is 4. The molecule has 0 bridgehead atoms. The Kier molecular flexibility index (Phi) is 7.36. The maximum Gasteiger partial charge on any atom is 0.257 e. The second kappa shape index (κ2) is 9.53. The van der Waals surface area contributed by atoms with Crippen LogP contribution in [0.15, 0.2) is 30.3 Å². The van der Waals surface area contributed by atoms with E-state index in [4.69, 9.17) is 9.47 Å². The second-order valence-corrected chi connectivity index (χ2v) is 6.34. The van der Waals surface area contributed by atoms with E-state index in [-0.39, 0.29) is 12.5 Å². The van der Waals surface area contributed by atoms with Gasteiger partial charge in [0.1, 0.15) is 5.75 Å². The zero-order valence-electron chi connectivity index (χ0n) is 14.2. The molecule has 23 heavy (non-hydrogen) atoms. The van der Waals surface area contributed by atoms with Crippen LogP contribution < -0.4 is 10.1 Å². The summed E-state index contributed by atoms with van der Waals surface area (Å²) in [4.78, 5) is 14.4. The van der Waals surface area contributed by atoms with Gasteiger partial charge in [-0.05, 0) is 24.5 Å². The van der Waals surface area contributed by atoms with Crippen molar-refractivity contribution >= 4 is 5.91 Å². The highest BCUT2D eigenvalue weighted by Crippen LogP contribution is 2.13. The van der Waals surface area contributed by atoms with E-state index in [0.29, 0.717) is 18.5 Å². The Morgan fingerprint density at radius 1 is 1.26 bits per heavy atom. The summed E-state index contributed by atoms with van der Waals surface area (Å²) in [6, 6.07) is 9.77. The standard InChI is InChI=1S/C18H28N2O3/c1-15(2)12-16(20-8-10-22-11-9-20)13-19-18(21)14-23-17-6-4-3-5-7-17/h3-7,15-16H,8-14H2,1-2H3,(H,19,21). The van der Waals surface area contributed by atoms with Crippen molar-refractivity contribution in [3.63, 3.8) is 0 Å². The molecule has 1 atom stereocenters. The number of para-hydroxylation sites is 1. The minimum absolute atomic E-state index is 0.0571. The lowest BCUT2D eigenvalue weighted by Crippen LogP contribution is -2.49. The first-order valence-corrected chi connectivity index (χ1v) is 8.41. The molecule has 1 fully saturated rings. The molecule has 1 heterocycles. The maximum absolute atomic E-state index is 12.0. The third-order valence-corrected chi connectivity index (χ3v) is 3.95. The molecule has 1 aliphatic heterocycles. The van der Waals surface area contributed by atoms with E-state index in [9.17, 15) is 4.79 Å². The molecule has 1 aliphatic rings. The summed E-state index contributed by atoms with van der Waals surface area (Å²) >= 11 is 0. The minimum atomic E-state index is -0.0733. The van der Waals surface area contributed by atoms with Gasteiger partial charge in [-0.15, -0.1) is 0 Å². The highest BCUT2D eigenvalue weighted by Gasteiger charge is 2.22. The first-order valence-electron chi connectivity index (χ1n) is 8.41. The molecule has 1 amide bonds. The summed E-state index contributed by atoms with van der Waals surface area (Å²) < 4.78 is 10.9. The smallest absolute Gasteiger partial charge is 0.257 e.